The van der Waals surface area contributed by atoms with Gasteiger partial charge in [0.15, 0.2) is 0 Å². The number of nitrogens with two attached hydrogens (primary N) is 1. The molecular formula is C23H28N2O2S. The van der Waals surface area contributed by atoms with Crippen molar-refractivity contribution in [1.82, 2.24) is 0 Å². The zero-order valence-corrected chi connectivity index (χ0v) is 17.4. The van der Waals surface area contributed by atoms with Crippen LogP contribution in [0.5, 0.6) is 0 Å². The number of primary amides is 1. The van der Waals surface area contributed by atoms with Gasteiger partial charge < -0.3 is 11.1 Å². The molecule has 1 heterocycles. The van der Waals surface area contributed by atoms with E-state index in [1.165, 1.54) is 40.7 Å². The summed E-state index contributed by atoms with van der Waals surface area (Å²) in [7, 11) is 0. The van der Waals surface area contributed by atoms with E-state index in [9.17, 15) is 9.59 Å². The Hall–Kier alpha value is -2.40. The summed E-state index contributed by atoms with van der Waals surface area (Å²) in [5.41, 5.74) is 9.43. The lowest BCUT2D eigenvalue weighted by molar-refractivity contribution is -0.111. The number of benzene rings is 1. The molecule has 2 aromatic rings. The van der Waals surface area contributed by atoms with Gasteiger partial charge in [0.1, 0.15) is 5.00 Å². The van der Waals surface area contributed by atoms with Crippen molar-refractivity contribution in [2.45, 2.75) is 58.3 Å². The van der Waals surface area contributed by atoms with Crippen molar-refractivity contribution in [2.24, 2.45) is 5.73 Å². The topological polar surface area (TPSA) is 72.2 Å². The minimum absolute atomic E-state index is 0.246. The molecule has 28 heavy (non-hydrogen) atoms. The minimum atomic E-state index is -0.457. The number of carbonyl (C=O) groups excluding carboxylic acids is 2. The van der Waals surface area contributed by atoms with Crippen molar-refractivity contribution in [3.05, 3.63) is 57.5 Å². The summed E-state index contributed by atoms with van der Waals surface area (Å²) >= 11 is 1.50. The molecule has 1 aliphatic rings. The van der Waals surface area contributed by atoms with E-state index >= 15 is 0 Å². The molecule has 1 aliphatic carbocycles. The summed E-state index contributed by atoms with van der Waals surface area (Å²) < 4.78 is 0. The van der Waals surface area contributed by atoms with Crippen LogP contribution in [0, 0.1) is 0 Å². The Morgan fingerprint density at radius 1 is 1.07 bits per heavy atom. The fourth-order valence-corrected chi connectivity index (χ4v) is 4.88. The molecule has 0 fully saturated rings. The molecule has 0 spiro atoms. The van der Waals surface area contributed by atoms with E-state index in [0.29, 0.717) is 16.5 Å². The molecule has 3 N–H and O–H groups in total. The first-order chi connectivity index (χ1) is 13.5. The van der Waals surface area contributed by atoms with E-state index < -0.39 is 5.91 Å². The Balaban J connectivity index is 1.76. The smallest absolute Gasteiger partial charge is 0.251 e. The maximum absolute atomic E-state index is 12.4. The molecule has 4 nitrogen and oxygen atoms in total. The number of carbonyl (C=O) groups is 2. The molecule has 148 valence electrons. The zero-order chi connectivity index (χ0) is 20.1. The molecule has 1 aromatic carbocycles. The van der Waals surface area contributed by atoms with Gasteiger partial charge in [-0.2, -0.15) is 0 Å². The van der Waals surface area contributed by atoms with E-state index in [4.69, 9.17) is 5.73 Å². The van der Waals surface area contributed by atoms with Crippen molar-refractivity contribution in [3.8, 4) is 0 Å². The third-order valence-corrected chi connectivity index (χ3v) is 6.39. The highest BCUT2D eigenvalue weighted by molar-refractivity contribution is 7.17. The molecule has 0 unspecified atom stereocenters. The van der Waals surface area contributed by atoms with E-state index in [-0.39, 0.29) is 5.91 Å². The van der Waals surface area contributed by atoms with Crippen LogP contribution in [-0.4, -0.2) is 11.8 Å². The lowest BCUT2D eigenvalue weighted by Crippen LogP contribution is -2.17. The Morgan fingerprint density at radius 3 is 2.39 bits per heavy atom. The second-order valence-electron chi connectivity index (χ2n) is 7.63. The van der Waals surface area contributed by atoms with Crippen molar-refractivity contribution in [2.75, 3.05) is 5.32 Å². The van der Waals surface area contributed by atoms with Gasteiger partial charge in [0, 0.05) is 11.0 Å². The molecule has 0 atom stereocenters. The fraction of sp³-hybridized carbons (Fsp3) is 0.391. The number of anilines is 1. The molecule has 2 amide bonds. The average molecular weight is 397 g/mol. The predicted octanol–water partition coefficient (Wildman–Crippen LogP) is 5.28. The van der Waals surface area contributed by atoms with Crippen LogP contribution in [0.15, 0.2) is 30.3 Å². The highest BCUT2D eigenvalue weighted by Crippen LogP contribution is 2.36. The van der Waals surface area contributed by atoms with Gasteiger partial charge in [-0.25, -0.2) is 0 Å². The van der Waals surface area contributed by atoms with E-state index in [2.05, 4.69) is 31.3 Å². The van der Waals surface area contributed by atoms with Crippen LogP contribution in [0.4, 0.5) is 5.00 Å². The van der Waals surface area contributed by atoms with Gasteiger partial charge in [0.25, 0.3) is 5.91 Å². The minimum Gasteiger partial charge on any atom is -0.365 e. The first-order valence-corrected chi connectivity index (χ1v) is 10.8. The number of fused-ring (bicyclic) bond motifs is 1. The van der Waals surface area contributed by atoms with Crippen LogP contribution >= 0.6 is 11.3 Å². The first-order valence-electron chi connectivity index (χ1n) is 9.99. The number of thiophene rings is 1. The Labute approximate surface area is 170 Å². The van der Waals surface area contributed by atoms with Crippen molar-refractivity contribution >= 4 is 34.2 Å². The Kier molecular flexibility index (Phi) is 6.68. The van der Waals surface area contributed by atoms with Gasteiger partial charge in [-0.05, 0) is 54.4 Å². The maximum Gasteiger partial charge on any atom is 0.251 e. The van der Waals surface area contributed by atoms with Crippen molar-refractivity contribution in [3.63, 3.8) is 0 Å². The standard InChI is InChI=1S/C23H28N2O2S/c1-15(2)17-12-9-16(10-13-17)11-14-20(26)25-23-21(22(24)27)18-7-5-3-4-6-8-19(18)28-23/h9-15H,3-8H2,1-2H3,(H2,24,27)(H,25,26). The zero-order valence-electron chi connectivity index (χ0n) is 16.6. The average Bonchev–Trinajstić information content (AvgIpc) is 2.96. The summed E-state index contributed by atoms with van der Waals surface area (Å²) in [6.45, 7) is 4.30. The van der Waals surface area contributed by atoms with Gasteiger partial charge in [-0.3, -0.25) is 9.59 Å². The predicted molar refractivity (Wildman–Crippen MR) is 117 cm³/mol. The SMILES string of the molecule is CC(C)c1ccc(C=CC(=O)Nc2sc3c(c2C(N)=O)CCCCCC3)cc1. The maximum atomic E-state index is 12.4. The number of amides is 2. The molecule has 1 aromatic heterocycles. The van der Waals surface area contributed by atoms with Crippen LogP contribution in [0.2, 0.25) is 0 Å². The summed E-state index contributed by atoms with van der Waals surface area (Å²) in [6.07, 6.45) is 9.66. The third kappa shape index (κ3) is 4.90. The van der Waals surface area contributed by atoms with E-state index in [1.54, 1.807) is 6.08 Å². The van der Waals surface area contributed by atoms with E-state index in [1.807, 2.05) is 12.1 Å². The number of hydrogen-bond donors (Lipinski definition) is 2. The molecule has 0 aliphatic heterocycles. The molecule has 3 rings (SSSR count). The van der Waals surface area contributed by atoms with Crippen molar-refractivity contribution < 1.29 is 9.59 Å². The normalized spacial score (nSPS) is 14.5. The monoisotopic (exact) mass is 396 g/mol. The summed E-state index contributed by atoms with van der Waals surface area (Å²) in [6, 6.07) is 8.16. The van der Waals surface area contributed by atoms with Gasteiger partial charge in [-0.1, -0.05) is 51.0 Å². The lowest BCUT2D eigenvalue weighted by atomic mass is 9.96. The number of rotatable bonds is 5. The van der Waals surface area contributed by atoms with Crippen LogP contribution in [0.25, 0.3) is 6.08 Å². The summed E-state index contributed by atoms with van der Waals surface area (Å²) in [4.78, 5) is 25.7. The quantitative estimate of drug-likeness (QED) is 0.675. The van der Waals surface area contributed by atoms with E-state index in [0.717, 1.165) is 36.8 Å². The molecule has 0 saturated carbocycles. The summed E-state index contributed by atoms with van der Waals surface area (Å²) in [5.74, 6) is -0.224. The number of nitrogens with one attached hydrogen (secondary N) is 1. The number of aryl methyl sites for hydroxylation is 1. The number of hydrogen-bond acceptors (Lipinski definition) is 3. The van der Waals surface area contributed by atoms with Crippen LogP contribution in [-0.2, 0) is 17.6 Å². The third-order valence-electron chi connectivity index (χ3n) is 5.18. The highest BCUT2D eigenvalue weighted by atomic mass is 32.1. The van der Waals surface area contributed by atoms with Gasteiger partial charge in [-0.15, -0.1) is 11.3 Å². The van der Waals surface area contributed by atoms with Gasteiger partial charge in [0.05, 0.1) is 5.56 Å². The Morgan fingerprint density at radius 2 is 1.75 bits per heavy atom. The Bertz CT molecular complexity index is 879. The van der Waals surface area contributed by atoms with Gasteiger partial charge >= 0.3 is 0 Å². The molecule has 0 radical (unpaired) electrons. The fourth-order valence-electron chi connectivity index (χ4n) is 3.59. The van der Waals surface area contributed by atoms with Crippen LogP contribution < -0.4 is 11.1 Å². The van der Waals surface area contributed by atoms with Crippen LogP contribution in [0.1, 0.15) is 77.4 Å². The molecule has 0 bridgehead atoms. The second-order valence-corrected chi connectivity index (χ2v) is 8.74. The van der Waals surface area contributed by atoms with Crippen molar-refractivity contribution in [1.29, 1.82) is 0 Å². The molecular weight excluding hydrogens is 368 g/mol. The summed E-state index contributed by atoms with van der Waals surface area (Å²) in [5, 5.41) is 3.47. The molecule has 0 saturated heterocycles. The largest absolute Gasteiger partial charge is 0.365 e. The first kappa shape index (κ1) is 20.3. The highest BCUT2D eigenvalue weighted by Gasteiger charge is 2.23. The second kappa shape index (κ2) is 9.20. The van der Waals surface area contributed by atoms with Gasteiger partial charge in [0.2, 0.25) is 5.91 Å². The van der Waals surface area contributed by atoms with Crippen LogP contribution in [0.3, 0.4) is 0 Å². The molecule has 5 heteroatoms. The lowest BCUT2D eigenvalue weighted by Gasteiger charge is -2.10.